The molecule has 0 radical (unpaired) electrons. The van der Waals surface area contributed by atoms with E-state index in [4.69, 9.17) is 4.74 Å². The molecule has 4 amide bonds. The summed E-state index contributed by atoms with van der Waals surface area (Å²) in [4.78, 5) is 61.4. The number of thioether (sulfide) groups is 1. The number of ether oxygens (including phenoxy) is 1. The van der Waals surface area contributed by atoms with E-state index in [0.29, 0.717) is 0 Å². The first-order valence-electron chi connectivity index (χ1n) is 9.28. The van der Waals surface area contributed by atoms with Crippen LogP contribution in [0.2, 0.25) is 0 Å². The Kier molecular flexibility index (Phi) is 9.19. The van der Waals surface area contributed by atoms with Crippen LogP contribution >= 0.6 is 24.4 Å². The fraction of sp³-hybridized carbons (Fsp3) is 0.421. The van der Waals surface area contributed by atoms with Gasteiger partial charge in [0.25, 0.3) is 5.91 Å². The maximum Gasteiger partial charge on any atom is 0.329 e. The number of nitrogens with one attached hydrogen (secondary N) is 2. The third-order valence-electron chi connectivity index (χ3n) is 4.41. The summed E-state index contributed by atoms with van der Waals surface area (Å²) in [7, 11) is 1.16. The van der Waals surface area contributed by atoms with Crippen molar-refractivity contribution in [2.24, 2.45) is 0 Å². The summed E-state index contributed by atoms with van der Waals surface area (Å²) in [5.74, 6) is -2.77. The van der Waals surface area contributed by atoms with Gasteiger partial charge >= 0.3 is 5.97 Å². The van der Waals surface area contributed by atoms with Crippen molar-refractivity contribution >= 4 is 54.0 Å². The van der Waals surface area contributed by atoms with E-state index in [1.807, 2.05) is 0 Å². The van der Waals surface area contributed by atoms with Crippen LogP contribution in [0.3, 0.4) is 0 Å². The minimum absolute atomic E-state index is 0.00175. The summed E-state index contributed by atoms with van der Waals surface area (Å²) in [6, 6.07) is 4.77. The van der Waals surface area contributed by atoms with E-state index in [0.717, 1.165) is 23.8 Å². The summed E-state index contributed by atoms with van der Waals surface area (Å²) in [6.07, 6.45) is -0.0503. The largest absolute Gasteiger partial charge is 0.507 e. The monoisotopic (exact) mass is 469 g/mol. The molecular formula is C19H23N3O7S2. The minimum Gasteiger partial charge on any atom is -0.507 e. The number of imide groups is 1. The lowest BCUT2D eigenvalue weighted by atomic mass is 10.2. The van der Waals surface area contributed by atoms with Gasteiger partial charge in [-0.3, -0.25) is 24.1 Å². The first kappa shape index (κ1) is 24.5. The van der Waals surface area contributed by atoms with Crippen molar-refractivity contribution in [1.82, 2.24) is 15.5 Å². The highest BCUT2D eigenvalue weighted by Crippen LogP contribution is 2.26. The summed E-state index contributed by atoms with van der Waals surface area (Å²) in [5.41, 5.74) is -0.0111. The van der Waals surface area contributed by atoms with Crippen LogP contribution in [0.4, 0.5) is 0 Å². The number of nitrogens with zero attached hydrogens (tertiary/aromatic N) is 1. The normalized spacial score (nSPS) is 16.7. The number of esters is 1. The van der Waals surface area contributed by atoms with Crippen LogP contribution < -0.4 is 10.6 Å². The van der Waals surface area contributed by atoms with Crippen molar-refractivity contribution in [1.29, 1.82) is 0 Å². The standard InChI is InChI=1S/C19H23N3O7S2/c1-29-19(28)12(21-17(26)11-4-2-3-5-13(11)23)10-31-14-8-16(25)22(18(14)27)7-6-20-15(24)9-30/h2-5,12,14,23,30H,6-10H2,1H3,(H,20,24)(H,21,26). The predicted molar refractivity (Wildman–Crippen MR) is 116 cm³/mol. The van der Waals surface area contributed by atoms with Gasteiger partial charge in [-0.05, 0) is 12.1 Å². The molecule has 3 N–H and O–H groups in total. The third kappa shape index (κ3) is 6.62. The van der Waals surface area contributed by atoms with Crippen molar-refractivity contribution in [3.05, 3.63) is 29.8 Å². The Labute approximate surface area is 188 Å². The number of benzene rings is 1. The average molecular weight is 470 g/mol. The van der Waals surface area contributed by atoms with Gasteiger partial charge in [0.05, 0.1) is 23.7 Å². The molecule has 0 saturated carbocycles. The Morgan fingerprint density at radius 2 is 2.03 bits per heavy atom. The van der Waals surface area contributed by atoms with Crippen molar-refractivity contribution in [2.75, 3.05) is 31.7 Å². The number of carbonyl (C=O) groups is 5. The van der Waals surface area contributed by atoms with Crippen LogP contribution in [0.25, 0.3) is 0 Å². The Morgan fingerprint density at radius 1 is 1.32 bits per heavy atom. The fourth-order valence-corrected chi connectivity index (χ4v) is 4.09. The number of hydrogen-bond acceptors (Lipinski definition) is 9. The number of para-hydroxylation sites is 1. The van der Waals surface area contributed by atoms with Crippen LogP contribution in [0.1, 0.15) is 16.8 Å². The molecule has 1 fully saturated rings. The number of likely N-dealkylation sites (tertiary alicyclic amines) is 1. The molecule has 2 atom stereocenters. The SMILES string of the molecule is COC(=O)C(CSC1CC(=O)N(CCNC(=O)CS)C1=O)NC(=O)c1ccccc1O. The molecule has 1 aromatic carbocycles. The second kappa shape index (κ2) is 11.6. The molecule has 0 aliphatic carbocycles. The van der Waals surface area contributed by atoms with E-state index in [1.54, 1.807) is 12.1 Å². The van der Waals surface area contributed by atoms with E-state index in [-0.39, 0.29) is 54.1 Å². The van der Waals surface area contributed by atoms with Gasteiger partial charge in [0.2, 0.25) is 17.7 Å². The van der Waals surface area contributed by atoms with Gasteiger partial charge in [0.15, 0.2) is 0 Å². The molecule has 0 aromatic heterocycles. The predicted octanol–water partition coefficient (Wildman–Crippen LogP) is -0.430. The summed E-state index contributed by atoms with van der Waals surface area (Å²) in [6.45, 7) is 0.161. The van der Waals surface area contributed by atoms with Crippen LogP contribution in [0, 0.1) is 0 Å². The molecule has 2 rings (SSSR count). The number of rotatable bonds is 10. The summed E-state index contributed by atoms with van der Waals surface area (Å²) in [5, 5.41) is 14.1. The number of amides is 4. The summed E-state index contributed by atoms with van der Waals surface area (Å²) < 4.78 is 4.71. The first-order valence-corrected chi connectivity index (χ1v) is 11.0. The van der Waals surface area contributed by atoms with Gasteiger partial charge in [-0.15, -0.1) is 11.8 Å². The molecule has 168 valence electrons. The lowest BCUT2D eigenvalue weighted by Gasteiger charge is -2.18. The third-order valence-corrected chi connectivity index (χ3v) is 5.99. The first-order chi connectivity index (χ1) is 14.8. The van der Waals surface area contributed by atoms with Crippen LogP contribution in [-0.2, 0) is 23.9 Å². The number of aromatic hydroxyl groups is 1. The fourth-order valence-electron chi connectivity index (χ4n) is 2.81. The Morgan fingerprint density at radius 3 is 2.68 bits per heavy atom. The Balaban J connectivity index is 1.95. The van der Waals surface area contributed by atoms with Crippen molar-refractivity contribution < 1.29 is 33.8 Å². The number of methoxy groups -OCH3 is 1. The topological polar surface area (TPSA) is 142 Å². The molecule has 1 aliphatic heterocycles. The molecule has 0 bridgehead atoms. The van der Waals surface area contributed by atoms with Crippen molar-refractivity contribution in [2.45, 2.75) is 17.7 Å². The van der Waals surface area contributed by atoms with Crippen molar-refractivity contribution in [3.8, 4) is 5.75 Å². The Bertz CT molecular complexity index is 865. The maximum atomic E-state index is 12.5. The number of phenolic OH excluding ortho intramolecular Hbond substituents is 1. The zero-order chi connectivity index (χ0) is 23.0. The molecule has 1 aliphatic rings. The average Bonchev–Trinajstić information content (AvgIpc) is 3.03. The van der Waals surface area contributed by atoms with E-state index in [9.17, 15) is 29.1 Å². The van der Waals surface area contributed by atoms with Gasteiger partial charge in [0.1, 0.15) is 11.8 Å². The summed E-state index contributed by atoms with van der Waals surface area (Å²) >= 11 is 4.87. The molecule has 1 heterocycles. The number of thiol groups is 1. The highest BCUT2D eigenvalue weighted by Gasteiger charge is 2.39. The van der Waals surface area contributed by atoms with Gasteiger partial charge in [-0.25, -0.2) is 4.79 Å². The maximum absolute atomic E-state index is 12.5. The number of carbonyl (C=O) groups excluding carboxylic acids is 5. The van der Waals surface area contributed by atoms with Gasteiger partial charge < -0.3 is 20.5 Å². The highest BCUT2D eigenvalue weighted by molar-refractivity contribution is 8.00. The van der Waals surface area contributed by atoms with Crippen LogP contribution in [0.15, 0.2) is 24.3 Å². The van der Waals surface area contributed by atoms with E-state index < -0.39 is 29.1 Å². The van der Waals surface area contributed by atoms with Gasteiger partial charge in [0, 0.05) is 25.3 Å². The molecule has 1 saturated heterocycles. The number of phenols is 1. The molecule has 2 unspecified atom stereocenters. The van der Waals surface area contributed by atoms with Gasteiger partial charge in [-0.2, -0.15) is 12.6 Å². The van der Waals surface area contributed by atoms with E-state index in [2.05, 4.69) is 23.3 Å². The minimum atomic E-state index is -1.09. The highest BCUT2D eigenvalue weighted by atomic mass is 32.2. The lowest BCUT2D eigenvalue weighted by molar-refractivity contribution is -0.142. The van der Waals surface area contributed by atoms with Gasteiger partial charge in [-0.1, -0.05) is 12.1 Å². The molecule has 31 heavy (non-hydrogen) atoms. The second-order valence-electron chi connectivity index (χ2n) is 6.48. The van der Waals surface area contributed by atoms with E-state index >= 15 is 0 Å². The molecule has 12 heteroatoms. The molecule has 0 spiro atoms. The van der Waals surface area contributed by atoms with E-state index in [1.165, 1.54) is 12.1 Å². The number of hydrogen-bond donors (Lipinski definition) is 4. The molecular weight excluding hydrogens is 446 g/mol. The lowest BCUT2D eigenvalue weighted by Crippen LogP contribution is -2.44. The Hall–Kier alpha value is -2.73. The molecule has 10 nitrogen and oxygen atoms in total. The quantitative estimate of drug-likeness (QED) is 0.205. The zero-order valence-corrected chi connectivity index (χ0v) is 18.4. The van der Waals surface area contributed by atoms with Crippen molar-refractivity contribution in [3.63, 3.8) is 0 Å². The zero-order valence-electron chi connectivity index (χ0n) is 16.7. The second-order valence-corrected chi connectivity index (χ2v) is 8.04. The van der Waals surface area contributed by atoms with Crippen LogP contribution in [0.5, 0.6) is 5.75 Å². The smallest absolute Gasteiger partial charge is 0.329 e. The van der Waals surface area contributed by atoms with Crippen LogP contribution in [-0.4, -0.2) is 82.6 Å². The molecule has 1 aromatic rings.